The topological polar surface area (TPSA) is 84.5 Å². The summed E-state index contributed by atoms with van der Waals surface area (Å²) in [5.74, 6) is -0.949. The van der Waals surface area contributed by atoms with Crippen molar-refractivity contribution in [2.24, 2.45) is 0 Å². The van der Waals surface area contributed by atoms with E-state index in [1.165, 1.54) is 14.0 Å². The van der Waals surface area contributed by atoms with Crippen molar-refractivity contribution < 1.29 is 19.1 Å². The second-order valence-corrected chi connectivity index (χ2v) is 5.66. The predicted molar refractivity (Wildman–Crippen MR) is 92.8 cm³/mol. The average molecular weight is 334 g/mol. The van der Waals surface area contributed by atoms with Crippen molar-refractivity contribution in [1.29, 1.82) is 0 Å². The van der Waals surface area contributed by atoms with Crippen molar-refractivity contribution in [2.75, 3.05) is 12.4 Å². The molecule has 0 aliphatic carbocycles. The molecule has 0 aliphatic rings. The number of ether oxygens (including phenoxy) is 1. The molecule has 1 aromatic carbocycles. The van der Waals surface area contributed by atoms with E-state index in [4.69, 9.17) is 4.74 Å². The lowest BCUT2D eigenvalue weighted by Gasteiger charge is -2.16. The van der Waals surface area contributed by atoms with Crippen LogP contribution in [-0.4, -0.2) is 30.9 Å². The van der Waals surface area contributed by atoms with Crippen LogP contribution >= 0.6 is 0 Å². The van der Waals surface area contributed by atoms with E-state index in [2.05, 4.69) is 17.6 Å². The number of anilines is 1. The summed E-state index contributed by atoms with van der Waals surface area (Å²) in [6.07, 6.45) is 4.64. The molecule has 0 saturated heterocycles. The number of nitrogens with one attached hydrogen (secondary N) is 2. The summed E-state index contributed by atoms with van der Waals surface area (Å²) in [6.45, 7) is 3.53. The molecule has 0 fully saturated rings. The standard InChI is InChI=1S/C18H26N2O4/c1-4-5-6-7-8-16(18(23)24-3)20-17(22)14-9-11-15(12-10-14)19-13(2)21/h9-12,16H,4-8H2,1-3H3,(H,19,21)(H,20,22)/t16-/m1/s1. The van der Waals surface area contributed by atoms with Gasteiger partial charge in [0.2, 0.25) is 5.91 Å². The second kappa shape index (κ2) is 10.4. The lowest BCUT2D eigenvalue weighted by molar-refractivity contribution is -0.143. The zero-order valence-electron chi connectivity index (χ0n) is 14.6. The van der Waals surface area contributed by atoms with E-state index in [0.717, 1.165) is 25.7 Å². The first kappa shape index (κ1) is 19.7. The third-order valence-electron chi connectivity index (χ3n) is 3.60. The SMILES string of the molecule is CCCCCC[C@@H](NC(=O)c1ccc(NC(C)=O)cc1)C(=O)OC. The van der Waals surface area contributed by atoms with Crippen LogP contribution in [0.4, 0.5) is 5.69 Å². The summed E-state index contributed by atoms with van der Waals surface area (Å²) in [6, 6.07) is 5.85. The fourth-order valence-corrected chi connectivity index (χ4v) is 2.32. The molecule has 6 nitrogen and oxygen atoms in total. The lowest BCUT2D eigenvalue weighted by Crippen LogP contribution is -2.41. The summed E-state index contributed by atoms with van der Waals surface area (Å²) in [5.41, 5.74) is 1.04. The van der Waals surface area contributed by atoms with Crippen LogP contribution in [0.25, 0.3) is 0 Å². The molecule has 0 bridgehead atoms. The molecule has 24 heavy (non-hydrogen) atoms. The molecule has 0 unspecified atom stereocenters. The Bertz CT molecular complexity index is 555. The van der Waals surface area contributed by atoms with Crippen LogP contribution in [0.3, 0.4) is 0 Å². The van der Waals surface area contributed by atoms with Crippen LogP contribution in [0.5, 0.6) is 0 Å². The molecule has 0 radical (unpaired) electrons. The number of esters is 1. The number of hydrogen-bond acceptors (Lipinski definition) is 4. The molecule has 0 saturated carbocycles. The molecule has 132 valence electrons. The Hall–Kier alpha value is -2.37. The van der Waals surface area contributed by atoms with Gasteiger partial charge in [-0.05, 0) is 30.7 Å². The second-order valence-electron chi connectivity index (χ2n) is 5.66. The summed E-state index contributed by atoms with van der Waals surface area (Å²) in [7, 11) is 1.32. The highest BCUT2D eigenvalue weighted by molar-refractivity contribution is 5.97. The number of amides is 2. The number of rotatable bonds is 9. The molecule has 0 spiro atoms. The van der Waals surface area contributed by atoms with E-state index in [9.17, 15) is 14.4 Å². The van der Waals surface area contributed by atoms with Gasteiger partial charge in [0.15, 0.2) is 0 Å². The van der Waals surface area contributed by atoms with Crippen molar-refractivity contribution >= 4 is 23.5 Å². The Balaban J connectivity index is 2.65. The summed E-state index contributed by atoms with van der Waals surface area (Å²) in [5, 5.41) is 5.35. The Labute approximate surface area is 143 Å². The number of carbonyl (C=O) groups excluding carboxylic acids is 3. The molecular weight excluding hydrogens is 308 g/mol. The first-order chi connectivity index (χ1) is 11.5. The molecule has 2 amide bonds. The first-order valence-electron chi connectivity index (χ1n) is 8.24. The zero-order chi connectivity index (χ0) is 17.9. The minimum atomic E-state index is -0.644. The van der Waals surface area contributed by atoms with Crippen molar-refractivity contribution in [3.05, 3.63) is 29.8 Å². The van der Waals surface area contributed by atoms with Gasteiger partial charge in [-0.1, -0.05) is 32.6 Å². The van der Waals surface area contributed by atoms with Crippen LogP contribution in [0, 0.1) is 0 Å². The molecule has 2 N–H and O–H groups in total. The molecule has 0 aromatic heterocycles. The van der Waals surface area contributed by atoms with Crippen molar-refractivity contribution in [3.8, 4) is 0 Å². The minimum Gasteiger partial charge on any atom is -0.467 e. The molecule has 1 aromatic rings. The number of carbonyl (C=O) groups is 3. The van der Waals surface area contributed by atoms with Gasteiger partial charge >= 0.3 is 5.97 Å². The first-order valence-corrected chi connectivity index (χ1v) is 8.24. The van der Waals surface area contributed by atoms with Gasteiger partial charge in [0.25, 0.3) is 5.91 Å². The smallest absolute Gasteiger partial charge is 0.328 e. The van der Waals surface area contributed by atoms with Crippen molar-refractivity contribution in [3.63, 3.8) is 0 Å². The van der Waals surface area contributed by atoms with E-state index in [1.807, 2.05) is 0 Å². The monoisotopic (exact) mass is 334 g/mol. The van der Waals surface area contributed by atoms with Gasteiger partial charge in [-0.25, -0.2) is 4.79 Å². The number of hydrogen-bond donors (Lipinski definition) is 2. The van der Waals surface area contributed by atoms with E-state index >= 15 is 0 Å². The molecular formula is C18H26N2O4. The highest BCUT2D eigenvalue weighted by Gasteiger charge is 2.21. The minimum absolute atomic E-state index is 0.176. The maximum absolute atomic E-state index is 12.3. The number of benzene rings is 1. The molecule has 1 rings (SSSR count). The van der Waals surface area contributed by atoms with Crippen LogP contribution in [0.1, 0.15) is 56.3 Å². The maximum Gasteiger partial charge on any atom is 0.328 e. The summed E-state index contributed by atoms with van der Waals surface area (Å²) >= 11 is 0. The zero-order valence-corrected chi connectivity index (χ0v) is 14.6. The van der Waals surface area contributed by atoms with Gasteiger partial charge in [-0.3, -0.25) is 9.59 Å². The van der Waals surface area contributed by atoms with Crippen LogP contribution in [-0.2, 0) is 14.3 Å². The highest BCUT2D eigenvalue weighted by atomic mass is 16.5. The summed E-state index contributed by atoms with van der Waals surface area (Å²) < 4.78 is 4.77. The largest absolute Gasteiger partial charge is 0.467 e. The van der Waals surface area contributed by atoms with E-state index in [0.29, 0.717) is 17.7 Å². The molecule has 6 heteroatoms. The van der Waals surface area contributed by atoms with Gasteiger partial charge in [0, 0.05) is 18.2 Å². The van der Waals surface area contributed by atoms with Crippen LogP contribution in [0.15, 0.2) is 24.3 Å². The van der Waals surface area contributed by atoms with Gasteiger partial charge in [0.05, 0.1) is 7.11 Å². The third kappa shape index (κ3) is 6.81. The fraction of sp³-hybridized carbons (Fsp3) is 0.500. The quantitative estimate of drug-likeness (QED) is 0.537. The third-order valence-corrected chi connectivity index (χ3v) is 3.60. The maximum atomic E-state index is 12.3. The Morgan fingerprint density at radius 2 is 1.75 bits per heavy atom. The molecule has 0 aliphatic heterocycles. The predicted octanol–water partition coefficient (Wildman–Crippen LogP) is 2.89. The lowest BCUT2D eigenvalue weighted by atomic mass is 10.1. The number of methoxy groups -OCH3 is 1. The van der Waals surface area contributed by atoms with E-state index < -0.39 is 12.0 Å². The number of unbranched alkanes of at least 4 members (excludes halogenated alkanes) is 3. The van der Waals surface area contributed by atoms with Crippen molar-refractivity contribution in [2.45, 2.75) is 52.0 Å². The normalized spacial score (nSPS) is 11.5. The van der Waals surface area contributed by atoms with Crippen molar-refractivity contribution in [1.82, 2.24) is 5.32 Å². The Kier molecular flexibility index (Phi) is 8.54. The summed E-state index contributed by atoms with van der Waals surface area (Å²) in [4.78, 5) is 35.1. The average Bonchev–Trinajstić information content (AvgIpc) is 2.56. The van der Waals surface area contributed by atoms with Gasteiger partial charge in [-0.15, -0.1) is 0 Å². The fourth-order valence-electron chi connectivity index (χ4n) is 2.32. The van der Waals surface area contributed by atoms with E-state index in [1.54, 1.807) is 24.3 Å². The van der Waals surface area contributed by atoms with Gasteiger partial charge in [-0.2, -0.15) is 0 Å². The van der Waals surface area contributed by atoms with Gasteiger partial charge < -0.3 is 15.4 Å². The molecule has 0 heterocycles. The van der Waals surface area contributed by atoms with Crippen LogP contribution < -0.4 is 10.6 Å². The van der Waals surface area contributed by atoms with E-state index in [-0.39, 0.29) is 11.8 Å². The van der Waals surface area contributed by atoms with Gasteiger partial charge in [0.1, 0.15) is 6.04 Å². The Morgan fingerprint density at radius 3 is 2.29 bits per heavy atom. The highest BCUT2D eigenvalue weighted by Crippen LogP contribution is 2.11. The van der Waals surface area contributed by atoms with Crippen LogP contribution in [0.2, 0.25) is 0 Å². The Morgan fingerprint density at radius 1 is 1.08 bits per heavy atom. The molecule has 1 atom stereocenters.